The standard InChI is InChI=1S/C23H22N4O4/c1-29-19-13-16(14-20(30-2)21(19)31-3)25-22(28)18-15-24-27(17-9-5-4-6-10-17)23(18)26-11-7-8-12-26/h4-15H,1-3H3,(H,25,28). The summed E-state index contributed by atoms with van der Waals surface area (Å²) in [6.07, 6.45) is 5.29. The van der Waals surface area contributed by atoms with Crippen LogP contribution >= 0.6 is 0 Å². The van der Waals surface area contributed by atoms with E-state index < -0.39 is 0 Å². The molecule has 0 aliphatic carbocycles. The van der Waals surface area contributed by atoms with Crippen LogP contribution in [0.1, 0.15) is 10.4 Å². The highest BCUT2D eigenvalue weighted by molar-refractivity contribution is 6.06. The van der Waals surface area contributed by atoms with Crippen molar-refractivity contribution in [3.63, 3.8) is 0 Å². The van der Waals surface area contributed by atoms with Crippen LogP contribution in [-0.2, 0) is 0 Å². The van der Waals surface area contributed by atoms with Gasteiger partial charge in [0.15, 0.2) is 17.3 Å². The summed E-state index contributed by atoms with van der Waals surface area (Å²) in [6, 6.07) is 16.8. The lowest BCUT2D eigenvalue weighted by Gasteiger charge is -2.15. The quantitative estimate of drug-likeness (QED) is 0.492. The van der Waals surface area contributed by atoms with E-state index >= 15 is 0 Å². The maximum atomic E-state index is 13.2. The lowest BCUT2D eigenvalue weighted by molar-refractivity contribution is 0.102. The number of anilines is 1. The average molecular weight is 418 g/mol. The van der Waals surface area contributed by atoms with Crippen molar-refractivity contribution in [1.82, 2.24) is 14.3 Å². The number of hydrogen-bond donors (Lipinski definition) is 1. The van der Waals surface area contributed by atoms with Crippen LogP contribution in [0.3, 0.4) is 0 Å². The van der Waals surface area contributed by atoms with Gasteiger partial charge in [0.25, 0.3) is 5.91 Å². The Hall–Kier alpha value is -4.20. The fraction of sp³-hybridized carbons (Fsp3) is 0.130. The maximum Gasteiger partial charge on any atom is 0.261 e. The first-order valence-corrected chi connectivity index (χ1v) is 9.54. The topological polar surface area (TPSA) is 79.5 Å². The number of carbonyl (C=O) groups excluding carboxylic acids is 1. The van der Waals surface area contributed by atoms with Crippen LogP contribution in [0.2, 0.25) is 0 Å². The van der Waals surface area contributed by atoms with Gasteiger partial charge in [0.1, 0.15) is 5.56 Å². The zero-order chi connectivity index (χ0) is 21.8. The molecule has 8 heteroatoms. The molecule has 0 aliphatic rings. The molecular weight excluding hydrogens is 396 g/mol. The summed E-state index contributed by atoms with van der Waals surface area (Å²) in [5.41, 5.74) is 1.76. The predicted octanol–water partition coefficient (Wildman–Crippen LogP) is 3.94. The van der Waals surface area contributed by atoms with E-state index in [1.165, 1.54) is 21.3 Å². The van der Waals surface area contributed by atoms with E-state index in [0.29, 0.717) is 34.3 Å². The van der Waals surface area contributed by atoms with Crippen LogP contribution in [0, 0.1) is 0 Å². The number of aromatic nitrogens is 3. The van der Waals surface area contributed by atoms with E-state index in [-0.39, 0.29) is 5.91 Å². The Morgan fingerprint density at radius 2 is 1.55 bits per heavy atom. The Kier molecular flexibility index (Phi) is 5.61. The molecule has 2 heterocycles. The van der Waals surface area contributed by atoms with Crippen molar-refractivity contribution in [2.75, 3.05) is 26.6 Å². The van der Waals surface area contributed by atoms with Gasteiger partial charge in [-0.2, -0.15) is 5.10 Å². The molecule has 0 bridgehead atoms. The van der Waals surface area contributed by atoms with Gasteiger partial charge in [0.2, 0.25) is 5.75 Å². The molecule has 4 aromatic rings. The SMILES string of the molecule is COc1cc(NC(=O)c2cnn(-c3ccccc3)c2-n2cccc2)cc(OC)c1OC. The van der Waals surface area contributed by atoms with Gasteiger partial charge in [-0.05, 0) is 24.3 Å². The zero-order valence-corrected chi connectivity index (χ0v) is 17.4. The summed E-state index contributed by atoms with van der Waals surface area (Å²) < 4.78 is 19.7. The smallest absolute Gasteiger partial charge is 0.261 e. The molecule has 31 heavy (non-hydrogen) atoms. The zero-order valence-electron chi connectivity index (χ0n) is 17.4. The third kappa shape index (κ3) is 3.83. The molecule has 8 nitrogen and oxygen atoms in total. The monoisotopic (exact) mass is 418 g/mol. The largest absolute Gasteiger partial charge is 0.493 e. The molecule has 0 saturated carbocycles. The Morgan fingerprint density at radius 3 is 2.13 bits per heavy atom. The molecule has 0 atom stereocenters. The number of methoxy groups -OCH3 is 3. The van der Waals surface area contributed by atoms with Gasteiger partial charge in [-0.25, -0.2) is 4.68 Å². The molecule has 1 N–H and O–H groups in total. The van der Waals surface area contributed by atoms with Crippen molar-refractivity contribution in [1.29, 1.82) is 0 Å². The molecule has 0 aliphatic heterocycles. The van der Waals surface area contributed by atoms with Gasteiger partial charge in [-0.1, -0.05) is 18.2 Å². The molecule has 158 valence electrons. The number of amides is 1. The average Bonchev–Trinajstić information content (AvgIpc) is 3.48. The fourth-order valence-electron chi connectivity index (χ4n) is 3.34. The Labute approximate surface area is 179 Å². The summed E-state index contributed by atoms with van der Waals surface area (Å²) in [6.45, 7) is 0. The van der Waals surface area contributed by atoms with Crippen LogP contribution in [0.15, 0.2) is 73.2 Å². The molecule has 1 amide bonds. The lowest BCUT2D eigenvalue weighted by Crippen LogP contribution is -2.15. The number of rotatable bonds is 7. The van der Waals surface area contributed by atoms with Crippen LogP contribution in [-0.4, -0.2) is 41.6 Å². The highest BCUT2D eigenvalue weighted by Gasteiger charge is 2.21. The molecule has 2 aromatic carbocycles. The molecule has 0 saturated heterocycles. The van der Waals surface area contributed by atoms with Gasteiger partial charge in [0.05, 0.1) is 33.2 Å². The van der Waals surface area contributed by atoms with E-state index in [4.69, 9.17) is 14.2 Å². The number of para-hydroxylation sites is 1. The van der Waals surface area contributed by atoms with E-state index in [0.717, 1.165) is 5.69 Å². The van der Waals surface area contributed by atoms with Gasteiger partial charge < -0.3 is 24.1 Å². The van der Waals surface area contributed by atoms with Crippen molar-refractivity contribution in [2.45, 2.75) is 0 Å². The first kappa shape index (κ1) is 20.1. The third-order valence-electron chi connectivity index (χ3n) is 4.76. The highest BCUT2D eigenvalue weighted by Crippen LogP contribution is 2.40. The molecule has 0 unspecified atom stereocenters. The summed E-state index contributed by atoms with van der Waals surface area (Å²) in [7, 11) is 4.58. The number of nitrogens with one attached hydrogen (secondary N) is 1. The van der Waals surface area contributed by atoms with Crippen molar-refractivity contribution in [3.05, 3.63) is 78.8 Å². The van der Waals surface area contributed by atoms with Crippen LogP contribution in [0.5, 0.6) is 17.2 Å². The van der Waals surface area contributed by atoms with Gasteiger partial charge >= 0.3 is 0 Å². The van der Waals surface area contributed by atoms with E-state index in [1.54, 1.807) is 23.0 Å². The second-order valence-corrected chi connectivity index (χ2v) is 6.59. The fourth-order valence-corrected chi connectivity index (χ4v) is 3.34. The number of carbonyl (C=O) groups is 1. The second kappa shape index (κ2) is 8.66. The number of ether oxygens (including phenoxy) is 3. The van der Waals surface area contributed by atoms with Crippen LogP contribution < -0.4 is 19.5 Å². The minimum absolute atomic E-state index is 0.319. The predicted molar refractivity (Wildman–Crippen MR) is 117 cm³/mol. The van der Waals surface area contributed by atoms with Crippen LogP contribution in [0.25, 0.3) is 11.5 Å². The van der Waals surface area contributed by atoms with E-state index in [9.17, 15) is 4.79 Å². The van der Waals surface area contributed by atoms with E-state index in [1.807, 2.05) is 59.4 Å². The van der Waals surface area contributed by atoms with E-state index in [2.05, 4.69) is 10.4 Å². The molecular formula is C23H22N4O4. The Bertz CT molecular complexity index is 1160. The molecule has 0 fully saturated rings. The first-order valence-electron chi connectivity index (χ1n) is 9.54. The lowest BCUT2D eigenvalue weighted by atomic mass is 10.2. The van der Waals surface area contributed by atoms with Gasteiger partial charge in [-0.15, -0.1) is 0 Å². The number of benzene rings is 2. The minimum Gasteiger partial charge on any atom is -0.493 e. The number of hydrogen-bond acceptors (Lipinski definition) is 5. The minimum atomic E-state index is -0.319. The normalized spacial score (nSPS) is 10.5. The summed E-state index contributed by atoms with van der Waals surface area (Å²) in [5.74, 6) is 1.65. The number of nitrogens with zero attached hydrogens (tertiary/aromatic N) is 3. The second-order valence-electron chi connectivity index (χ2n) is 6.59. The Balaban J connectivity index is 1.74. The molecule has 0 radical (unpaired) electrons. The van der Waals surface area contributed by atoms with Crippen molar-refractivity contribution < 1.29 is 19.0 Å². The summed E-state index contributed by atoms with van der Waals surface area (Å²) in [4.78, 5) is 13.2. The van der Waals surface area contributed by atoms with Gasteiger partial charge in [0, 0.05) is 30.2 Å². The van der Waals surface area contributed by atoms with Crippen molar-refractivity contribution >= 4 is 11.6 Å². The molecule has 4 rings (SSSR count). The van der Waals surface area contributed by atoms with Gasteiger partial charge in [-0.3, -0.25) is 4.79 Å². The van der Waals surface area contributed by atoms with Crippen molar-refractivity contribution in [3.8, 4) is 28.8 Å². The molecule has 0 spiro atoms. The van der Waals surface area contributed by atoms with Crippen molar-refractivity contribution in [2.24, 2.45) is 0 Å². The Morgan fingerprint density at radius 1 is 0.903 bits per heavy atom. The summed E-state index contributed by atoms with van der Waals surface area (Å²) >= 11 is 0. The van der Waals surface area contributed by atoms with Crippen LogP contribution in [0.4, 0.5) is 5.69 Å². The molecule has 2 aromatic heterocycles. The highest BCUT2D eigenvalue weighted by atomic mass is 16.5. The first-order chi connectivity index (χ1) is 15.2. The maximum absolute atomic E-state index is 13.2. The third-order valence-corrected chi connectivity index (χ3v) is 4.76. The summed E-state index contributed by atoms with van der Waals surface area (Å²) in [5, 5.41) is 7.37.